The van der Waals surface area contributed by atoms with E-state index in [4.69, 9.17) is 0 Å². The molecule has 6 rings (SSSR count). The van der Waals surface area contributed by atoms with Crippen molar-refractivity contribution in [1.29, 1.82) is 0 Å². The Morgan fingerprint density at radius 1 is 0.372 bits per heavy atom. The van der Waals surface area contributed by atoms with Crippen molar-refractivity contribution in [1.82, 2.24) is 0 Å². The van der Waals surface area contributed by atoms with Crippen LogP contribution in [0, 0.1) is 0 Å². The largest absolute Gasteiger partial charge is 0 e. The molecule has 0 heterocycles. The van der Waals surface area contributed by atoms with Crippen molar-refractivity contribution in [3.05, 3.63) is 182 Å². The van der Waals surface area contributed by atoms with Crippen LogP contribution >= 0.6 is 14.5 Å². The third-order valence-electron chi connectivity index (χ3n) is 8.49. The molecule has 6 aromatic carbocycles. The molecule has 0 bridgehead atoms. The standard InChI is InChI=1S/C38H34O2P2.Pd/c39-37(40)38(41(31-19-7-1-8-20-31,32-21-9-2-10-22-32)33-23-11-3-12-24-33)42(34-25-13-4-14-26-34,35-27-15-5-16-28-35)36-29-17-6-18-30-36;/h1-30,38,41-42H,(H,39,40);. The second-order valence-electron chi connectivity index (χ2n) is 10.6. The van der Waals surface area contributed by atoms with Crippen LogP contribution in [0.3, 0.4) is 0 Å². The van der Waals surface area contributed by atoms with Crippen LogP contribution in [0.25, 0.3) is 0 Å². The minimum atomic E-state index is -3.34. The van der Waals surface area contributed by atoms with Gasteiger partial charge in [-0.2, -0.15) is 0 Å². The number of rotatable bonds is 9. The van der Waals surface area contributed by atoms with E-state index in [1.54, 1.807) is 0 Å². The van der Waals surface area contributed by atoms with Gasteiger partial charge in [-0.25, -0.2) is 0 Å². The first-order chi connectivity index (χ1) is 20.7. The maximum atomic E-state index is 14.5. The molecule has 0 amide bonds. The average Bonchev–Trinajstić information content (AvgIpc) is 3.07. The second kappa shape index (κ2) is 13.7. The minimum Gasteiger partial charge on any atom is 0 e. The molecular weight excluding hydrogens is 657 g/mol. The topological polar surface area (TPSA) is 37.3 Å². The number of aliphatic carboxylic acids is 1. The smallest absolute Gasteiger partial charge is 0 e. The van der Waals surface area contributed by atoms with Gasteiger partial charge in [0.05, 0.1) is 0 Å². The maximum absolute atomic E-state index is 14.5. The molecule has 0 aliphatic carbocycles. The minimum absolute atomic E-state index is 0. The van der Waals surface area contributed by atoms with Gasteiger partial charge in [0.15, 0.2) is 0 Å². The van der Waals surface area contributed by atoms with Gasteiger partial charge in [0.1, 0.15) is 0 Å². The number of hydrogen-bond donors (Lipinski definition) is 1. The predicted octanol–water partition coefficient (Wildman–Crippen LogP) is 5.85. The molecule has 2 nitrogen and oxygen atoms in total. The fourth-order valence-corrected chi connectivity index (χ4v) is 21.5. The molecule has 218 valence electrons. The normalized spacial score (nSPS) is 12.8. The summed E-state index contributed by atoms with van der Waals surface area (Å²) in [4.78, 5) is 14.5. The molecule has 0 atom stereocenters. The van der Waals surface area contributed by atoms with E-state index >= 15 is 0 Å². The third kappa shape index (κ3) is 5.45. The van der Waals surface area contributed by atoms with E-state index in [0.717, 1.165) is 31.8 Å². The van der Waals surface area contributed by atoms with E-state index in [9.17, 15) is 9.90 Å². The Bertz CT molecular complexity index is 1420. The van der Waals surface area contributed by atoms with Gasteiger partial charge in [-0.3, -0.25) is 0 Å². The number of carboxylic acid groups (broad SMARTS) is 1. The quantitative estimate of drug-likeness (QED) is 0.153. The number of benzene rings is 6. The van der Waals surface area contributed by atoms with Crippen molar-refractivity contribution in [2.45, 2.75) is 5.40 Å². The Hall–Kier alpha value is -3.69. The van der Waals surface area contributed by atoms with Crippen LogP contribution in [0.5, 0.6) is 0 Å². The summed E-state index contributed by atoms with van der Waals surface area (Å²) in [5, 5.41) is 17.7. The maximum Gasteiger partial charge on any atom is 0 e. The van der Waals surface area contributed by atoms with E-state index in [1.165, 1.54) is 0 Å². The molecule has 0 radical (unpaired) electrons. The van der Waals surface area contributed by atoms with Crippen LogP contribution in [-0.4, -0.2) is 16.5 Å². The molecule has 0 saturated heterocycles. The van der Waals surface area contributed by atoms with Crippen molar-refractivity contribution in [2.24, 2.45) is 0 Å². The predicted molar refractivity (Wildman–Crippen MR) is 185 cm³/mol. The molecule has 0 spiro atoms. The van der Waals surface area contributed by atoms with Gasteiger partial charge in [-0.05, 0) is 0 Å². The number of carbonyl (C=O) groups is 1. The first-order valence-corrected chi connectivity index (χ1v) is 18.4. The van der Waals surface area contributed by atoms with Crippen LogP contribution in [0.2, 0.25) is 0 Å². The van der Waals surface area contributed by atoms with Crippen LogP contribution in [-0.2, 0) is 25.2 Å². The van der Waals surface area contributed by atoms with Gasteiger partial charge >= 0.3 is 250 Å². The summed E-state index contributed by atoms with van der Waals surface area (Å²) in [5.41, 5.74) is 0. The number of hydrogen-bond acceptors (Lipinski definition) is 1. The molecular formula is C38H34O2P2Pd. The molecule has 0 unspecified atom stereocenters. The van der Waals surface area contributed by atoms with Crippen molar-refractivity contribution in [2.75, 3.05) is 0 Å². The van der Waals surface area contributed by atoms with Gasteiger partial charge in [0.25, 0.3) is 0 Å². The first-order valence-electron chi connectivity index (χ1n) is 14.3. The van der Waals surface area contributed by atoms with E-state index in [-0.39, 0.29) is 20.4 Å². The zero-order valence-electron chi connectivity index (χ0n) is 23.6. The summed E-state index contributed by atoms with van der Waals surface area (Å²) in [6, 6.07) is 62.6. The van der Waals surface area contributed by atoms with Gasteiger partial charge in [0, 0.05) is 20.4 Å². The van der Waals surface area contributed by atoms with E-state index in [0.29, 0.717) is 0 Å². The monoisotopic (exact) mass is 690 g/mol. The van der Waals surface area contributed by atoms with E-state index < -0.39 is 25.9 Å². The summed E-state index contributed by atoms with van der Waals surface area (Å²) in [5.74, 6) is -0.763. The van der Waals surface area contributed by atoms with E-state index in [2.05, 4.69) is 146 Å². The Kier molecular flexibility index (Phi) is 9.83. The number of carboxylic acids is 1. The summed E-state index contributed by atoms with van der Waals surface area (Å²) < 4.78 is 0. The second-order valence-corrected chi connectivity index (χ2v) is 19.0. The SMILES string of the molecule is O=C(O)C([PH](c1ccccc1)(c1ccccc1)c1ccccc1)[PH](c1ccccc1)(c1ccccc1)c1ccccc1.[Pd]. The first kappa shape index (κ1) is 30.8. The summed E-state index contributed by atoms with van der Waals surface area (Å²) in [6.07, 6.45) is 0. The average molecular weight is 691 g/mol. The molecule has 5 heteroatoms. The van der Waals surface area contributed by atoms with Crippen molar-refractivity contribution >= 4 is 52.3 Å². The van der Waals surface area contributed by atoms with Gasteiger partial charge in [0.2, 0.25) is 0 Å². The van der Waals surface area contributed by atoms with Crippen molar-refractivity contribution in [3.63, 3.8) is 0 Å². The fraction of sp³-hybridized carbons (Fsp3) is 0.0263. The van der Waals surface area contributed by atoms with Gasteiger partial charge in [-0.1, -0.05) is 0 Å². The molecule has 0 fully saturated rings. The Labute approximate surface area is 268 Å². The van der Waals surface area contributed by atoms with Crippen molar-refractivity contribution < 1.29 is 30.3 Å². The Morgan fingerprint density at radius 2 is 0.535 bits per heavy atom. The molecule has 0 saturated carbocycles. The Balaban J connectivity index is 0.00000368. The third-order valence-corrected chi connectivity index (χ3v) is 20.8. The molecule has 1 N–H and O–H groups in total. The molecule has 0 aliphatic rings. The van der Waals surface area contributed by atoms with Crippen LogP contribution in [0.4, 0.5) is 0 Å². The molecule has 0 aromatic heterocycles. The van der Waals surface area contributed by atoms with Crippen LogP contribution < -0.4 is 31.8 Å². The Morgan fingerprint density at radius 3 is 0.674 bits per heavy atom. The summed E-state index contributed by atoms with van der Waals surface area (Å²) in [6.45, 7) is 0. The molecule has 6 aromatic rings. The zero-order valence-corrected chi connectivity index (χ0v) is 27.1. The zero-order chi connectivity index (χ0) is 28.8. The van der Waals surface area contributed by atoms with Gasteiger partial charge < -0.3 is 0 Å². The molecule has 0 aliphatic heterocycles. The van der Waals surface area contributed by atoms with Crippen LogP contribution in [0.15, 0.2) is 182 Å². The van der Waals surface area contributed by atoms with Crippen LogP contribution in [0.1, 0.15) is 0 Å². The fourth-order valence-electron chi connectivity index (χ4n) is 6.90. The molecule has 43 heavy (non-hydrogen) atoms. The van der Waals surface area contributed by atoms with E-state index in [1.807, 2.05) is 36.4 Å². The summed E-state index contributed by atoms with van der Waals surface area (Å²) >= 11 is 0. The summed E-state index contributed by atoms with van der Waals surface area (Å²) in [7, 11) is -6.68. The van der Waals surface area contributed by atoms with Crippen molar-refractivity contribution in [3.8, 4) is 0 Å². The van der Waals surface area contributed by atoms with Gasteiger partial charge in [-0.15, -0.1) is 0 Å².